The molecule has 0 saturated heterocycles. The van der Waals surface area contributed by atoms with Crippen LogP contribution < -0.4 is 0 Å². The first-order chi connectivity index (χ1) is 10.1. The molecule has 1 nitrogen and oxygen atoms in total. The molecule has 0 saturated carbocycles. The molecule has 0 amide bonds. The Labute approximate surface area is 137 Å². The normalized spacial score (nSPS) is 11.1. The van der Waals surface area contributed by atoms with E-state index in [0.29, 0.717) is 0 Å². The quantitative estimate of drug-likeness (QED) is 0.592. The van der Waals surface area contributed by atoms with Gasteiger partial charge in [-0.3, -0.25) is 0 Å². The van der Waals surface area contributed by atoms with E-state index in [1.807, 2.05) is 17.7 Å². The van der Waals surface area contributed by atoms with Crippen LogP contribution in [0.1, 0.15) is 25.0 Å². The molecule has 0 heterocycles. The zero-order valence-electron chi connectivity index (χ0n) is 13.1. The van der Waals surface area contributed by atoms with Gasteiger partial charge in [-0.2, -0.15) is 0 Å². The van der Waals surface area contributed by atoms with Crippen LogP contribution in [0.4, 0.5) is 0 Å². The molecule has 2 rings (SSSR count). The van der Waals surface area contributed by atoms with Crippen molar-refractivity contribution in [3.63, 3.8) is 0 Å². The Kier molecular flexibility index (Phi) is 5.72. The molecule has 0 spiro atoms. The van der Waals surface area contributed by atoms with Gasteiger partial charge in [-0.1, -0.05) is 0 Å². The van der Waals surface area contributed by atoms with Crippen LogP contribution in [0.25, 0.3) is 0 Å². The molecule has 102 valence electrons. The molecule has 0 fully saturated rings. The van der Waals surface area contributed by atoms with Gasteiger partial charge in [0.1, 0.15) is 0 Å². The molecule has 0 aliphatic rings. The molecule has 0 bridgehead atoms. The summed E-state index contributed by atoms with van der Waals surface area (Å²) in [7, 11) is 0. The van der Waals surface area contributed by atoms with Crippen LogP contribution in [0.5, 0.6) is 0 Å². The van der Waals surface area contributed by atoms with E-state index >= 15 is 0 Å². The number of benzene rings is 2. The molecule has 0 aliphatic carbocycles. The SMILES string of the molecule is [Li][C]#CC(C)(C)N(Cc1ccccc1)Cc1ccccc1. The summed E-state index contributed by atoms with van der Waals surface area (Å²) in [5.74, 6) is 3.34. The Morgan fingerprint density at radius 2 is 1.29 bits per heavy atom. The number of hydrogen-bond acceptors (Lipinski definition) is 1. The van der Waals surface area contributed by atoms with Gasteiger partial charge >= 0.3 is 137 Å². The Hall–Kier alpha value is -1.44. The first-order valence-electron chi connectivity index (χ1n) is 7.38. The van der Waals surface area contributed by atoms with E-state index in [2.05, 4.69) is 89.9 Å². The molecule has 0 aromatic heterocycles. The Morgan fingerprint density at radius 1 is 0.857 bits per heavy atom. The molecule has 0 atom stereocenters. The van der Waals surface area contributed by atoms with E-state index < -0.39 is 0 Å². The van der Waals surface area contributed by atoms with Crippen LogP contribution in [0.15, 0.2) is 60.7 Å². The molecule has 0 radical (unpaired) electrons. The van der Waals surface area contributed by atoms with Crippen molar-refractivity contribution in [3.8, 4) is 10.5 Å². The van der Waals surface area contributed by atoms with Crippen molar-refractivity contribution in [2.75, 3.05) is 0 Å². The summed E-state index contributed by atoms with van der Waals surface area (Å²) < 4.78 is 3.07. The van der Waals surface area contributed by atoms with Gasteiger partial charge < -0.3 is 0 Å². The van der Waals surface area contributed by atoms with Crippen molar-refractivity contribution in [1.29, 1.82) is 0 Å². The summed E-state index contributed by atoms with van der Waals surface area (Å²) in [5.41, 5.74) is 2.49. The maximum atomic E-state index is 3.34. The van der Waals surface area contributed by atoms with Crippen LogP contribution in [0.2, 0.25) is 0 Å². The Morgan fingerprint density at radius 3 is 1.67 bits per heavy atom. The van der Waals surface area contributed by atoms with Crippen LogP contribution in [-0.2, 0) is 13.1 Å². The summed E-state index contributed by atoms with van der Waals surface area (Å²) >= 11 is 1.91. The minimum atomic E-state index is -0.152. The van der Waals surface area contributed by atoms with E-state index in [-0.39, 0.29) is 5.54 Å². The molecule has 2 heteroatoms. The summed E-state index contributed by atoms with van der Waals surface area (Å²) in [5, 5.41) is 0. The fourth-order valence-corrected chi connectivity index (χ4v) is 2.44. The van der Waals surface area contributed by atoms with Gasteiger partial charge in [-0.05, 0) is 0 Å². The third-order valence-corrected chi connectivity index (χ3v) is 3.65. The molecule has 0 N–H and O–H groups in total. The van der Waals surface area contributed by atoms with Crippen molar-refractivity contribution in [2.45, 2.75) is 32.5 Å². The van der Waals surface area contributed by atoms with Crippen molar-refractivity contribution >= 4 is 17.7 Å². The van der Waals surface area contributed by atoms with Crippen LogP contribution >= 0.6 is 0 Å². The first-order valence-corrected chi connectivity index (χ1v) is 7.38. The first kappa shape index (κ1) is 15.9. The van der Waals surface area contributed by atoms with Gasteiger partial charge in [-0.25, -0.2) is 0 Å². The zero-order valence-corrected chi connectivity index (χ0v) is 13.1. The average Bonchev–Trinajstić information content (AvgIpc) is 2.49. The second-order valence-electron chi connectivity index (χ2n) is 5.76. The molecule has 2 aromatic rings. The topological polar surface area (TPSA) is 3.24 Å². The van der Waals surface area contributed by atoms with Crippen LogP contribution in [0.3, 0.4) is 0 Å². The van der Waals surface area contributed by atoms with Crippen molar-refractivity contribution < 1.29 is 0 Å². The molecular weight excluding hydrogens is 249 g/mol. The van der Waals surface area contributed by atoms with Crippen LogP contribution in [-0.4, -0.2) is 28.2 Å². The third kappa shape index (κ3) is 4.80. The van der Waals surface area contributed by atoms with Gasteiger partial charge in [0.2, 0.25) is 0 Å². The van der Waals surface area contributed by atoms with E-state index in [4.69, 9.17) is 0 Å². The van der Waals surface area contributed by atoms with Gasteiger partial charge in [0.15, 0.2) is 0 Å². The Bertz CT molecular complexity index is 567. The van der Waals surface area contributed by atoms with E-state index in [0.717, 1.165) is 13.1 Å². The summed E-state index contributed by atoms with van der Waals surface area (Å²) in [6.07, 6.45) is 0. The molecular formula is C19H20LiN. The predicted molar refractivity (Wildman–Crippen MR) is 89.7 cm³/mol. The van der Waals surface area contributed by atoms with E-state index in [9.17, 15) is 0 Å². The second-order valence-corrected chi connectivity index (χ2v) is 5.76. The molecule has 21 heavy (non-hydrogen) atoms. The Balaban J connectivity index is 2.23. The van der Waals surface area contributed by atoms with Gasteiger partial charge in [0.25, 0.3) is 0 Å². The minimum absolute atomic E-state index is 0.152. The summed E-state index contributed by atoms with van der Waals surface area (Å²) in [6.45, 7) is 6.18. The van der Waals surface area contributed by atoms with Gasteiger partial charge in [0, 0.05) is 0 Å². The predicted octanol–water partition coefficient (Wildman–Crippen LogP) is 3.60. The zero-order chi connectivity index (χ0) is 15.1. The van der Waals surface area contributed by atoms with Crippen molar-refractivity contribution in [1.82, 2.24) is 4.90 Å². The molecule has 0 aliphatic heterocycles. The van der Waals surface area contributed by atoms with E-state index in [1.165, 1.54) is 11.1 Å². The van der Waals surface area contributed by atoms with Crippen molar-refractivity contribution in [3.05, 3.63) is 71.8 Å². The van der Waals surface area contributed by atoms with E-state index in [1.54, 1.807) is 0 Å². The van der Waals surface area contributed by atoms with Crippen molar-refractivity contribution in [2.24, 2.45) is 0 Å². The third-order valence-electron chi connectivity index (χ3n) is 3.65. The number of rotatable bonds is 5. The van der Waals surface area contributed by atoms with Crippen LogP contribution in [0, 0.1) is 10.5 Å². The molecule has 2 aromatic carbocycles. The average molecular weight is 269 g/mol. The molecule has 0 unspecified atom stereocenters. The summed E-state index contributed by atoms with van der Waals surface area (Å²) in [4.78, 5) is 2.42. The maximum absolute atomic E-state index is 3.34. The summed E-state index contributed by atoms with van der Waals surface area (Å²) in [6, 6.07) is 21.2. The fourth-order valence-electron chi connectivity index (χ4n) is 2.44. The van der Waals surface area contributed by atoms with Gasteiger partial charge in [0.05, 0.1) is 0 Å². The monoisotopic (exact) mass is 269 g/mol. The second kappa shape index (κ2) is 7.53. The number of hydrogen-bond donors (Lipinski definition) is 0. The fraction of sp³-hybridized carbons (Fsp3) is 0.263. The number of nitrogens with zero attached hydrogens (tertiary/aromatic N) is 1. The van der Waals surface area contributed by atoms with Gasteiger partial charge in [-0.15, -0.1) is 0 Å². The standard InChI is InChI=1S/C19H20N.Li/c1-4-19(2,3)20(15-17-11-7-5-8-12-17)16-18-13-9-6-10-14-18;/h5-14H,15-16H2,2-3H3;.